The molecule has 0 aliphatic heterocycles. The van der Waals surface area contributed by atoms with Gasteiger partial charge in [0, 0.05) is 11.5 Å². The second kappa shape index (κ2) is 16.3. The molecule has 32 heavy (non-hydrogen) atoms. The summed E-state index contributed by atoms with van der Waals surface area (Å²) in [6.07, 6.45) is 19.7. The van der Waals surface area contributed by atoms with Gasteiger partial charge in [-0.25, -0.2) is 0 Å². The predicted molar refractivity (Wildman–Crippen MR) is 143 cm³/mol. The van der Waals surface area contributed by atoms with Gasteiger partial charge in [-0.2, -0.15) is 0 Å². The molecular formula is C30H51NO. The first kappa shape index (κ1) is 28.7. The normalized spacial score (nSPS) is 12.6. The summed E-state index contributed by atoms with van der Waals surface area (Å²) in [5.41, 5.74) is 8.60. The number of rotatable bonds is 17. The third kappa shape index (κ3) is 8.87. The zero-order chi connectivity index (χ0) is 22.4. The minimum atomic E-state index is -0.0904. The van der Waals surface area contributed by atoms with Crippen LogP contribution < -0.4 is 5.73 Å². The van der Waals surface area contributed by atoms with E-state index in [0.29, 0.717) is 5.92 Å². The van der Waals surface area contributed by atoms with E-state index < -0.39 is 0 Å². The van der Waals surface area contributed by atoms with Crippen molar-refractivity contribution in [2.24, 2.45) is 5.73 Å². The number of unbranched alkanes of at least 4 members (excludes halogenated alkanes) is 9. The van der Waals surface area contributed by atoms with Crippen LogP contribution in [0.4, 0.5) is 0 Å². The van der Waals surface area contributed by atoms with Crippen molar-refractivity contribution >= 4 is 10.8 Å². The summed E-state index contributed by atoms with van der Waals surface area (Å²) in [4.78, 5) is 0. The van der Waals surface area contributed by atoms with Crippen LogP contribution >= 0.6 is 0 Å². The minimum absolute atomic E-state index is 0. The lowest BCUT2D eigenvalue weighted by molar-refractivity contribution is 0.276. The van der Waals surface area contributed by atoms with Crippen molar-refractivity contribution in [1.29, 1.82) is 0 Å². The third-order valence-corrected chi connectivity index (χ3v) is 7.17. The summed E-state index contributed by atoms with van der Waals surface area (Å²) in [6, 6.07) is 15.7. The van der Waals surface area contributed by atoms with Crippen molar-refractivity contribution in [2.45, 2.75) is 129 Å². The van der Waals surface area contributed by atoms with E-state index in [1.807, 2.05) is 0 Å². The Morgan fingerprint density at radius 1 is 0.656 bits per heavy atom. The summed E-state index contributed by atoms with van der Waals surface area (Å²) in [5, 5.41) is 2.76. The molecule has 4 N–H and O–H groups in total. The van der Waals surface area contributed by atoms with Crippen LogP contribution in [0.3, 0.4) is 0 Å². The zero-order valence-electron chi connectivity index (χ0n) is 21.3. The quantitative estimate of drug-likeness (QED) is 0.245. The zero-order valence-corrected chi connectivity index (χ0v) is 21.3. The van der Waals surface area contributed by atoms with Gasteiger partial charge in [-0.3, -0.25) is 0 Å². The molecule has 0 heterocycles. The standard InChI is InChI=1S/C30H49N.H2O/c1-4-7-8-9-10-11-12-13-14-15-23-29(30(31,24-5-2)25-6-3)28-22-18-20-26-19-16-17-21-27(26)28;/h16-22,29H,4-15,23-25,31H2,1-3H3;1H2. The van der Waals surface area contributed by atoms with Gasteiger partial charge in [-0.1, -0.05) is 140 Å². The molecule has 0 spiro atoms. The first-order valence-electron chi connectivity index (χ1n) is 13.4. The van der Waals surface area contributed by atoms with Gasteiger partial charge >= 0.3 is 0 Å². The van der Waals surface area contributed by atoms with Crippen LogP contribution in [0.2, 0.25) is 0 Å². The van der Waals surface area contributed by atoms with Crippen LogP contribution in [0.15, 0.2) is 42.5 Å². The maximum absolute atomic E-state index is 7.21. The summed E-state index contributed by atoms with van der Waals surface area (Å²) >= 11 is 0. The SMILES string of the molecule is CCCCCCCCCCCCC(c1cccc2ccccc12)C(N)(CCC)CCC.O. The van der Waals surface area contributed by atoms with E-state index in [0.717, 1.165) is 25.7 Å². The fourth-order valence-electron chi connectivity index (χ4n) is 5.55. The predicted octanol–water partition coefficient (Wildman–Crippen LogP) is 8.71. The molecule has 0 aromatic heterocycles. The van der Waals surface area contributed by atoms with Gasteiger partial charge in [0.1, 0.15) is 0 Å². The Labute approximate surface area is 198 Å². The van der Waals surface area contributed by atoms with Gasteiger partial charge in [-0.05, 0) is 35.6 Å². The molecule has 0 saturated carbocycles. The summed E-state index contributed by atoms with van der Waals surface area (Å²) in [5.74, 6) is 0.451. The van der Waals surface area contributed by atoms with Crippen molar-refractivity contribution < 1.29 is 5.48 Å². The van der Waals surface area contributed by atoms with Crippen molar-refractivity contribution in [2.75, 3.05) is 0 Å². The molecular weight excluding hydrogens is 390 g/mol. The average Bonchev–Trinajstić information content (AvgIpc) is 2.77. The van der Waals surface area contributed by atoms with E-state index in [9.17, 15) is 0 Å². The summed E-state index contributed by atoms with van der Waals surface area (Å²) < 4.78 is 0. The Bertz CT molecular complexity index is 714. The van der Waals surface area contributed by atoms with E-state index in [1.165, 1.54) is 87.0 Å². The van der Waals surface area contributed by atoms with Crippen molar-refractivity contribution in [3.8, 4) is 0 Å². The highest BCUT2D eigenvalue weighted by Crippen LogP contribution is 2.40. The molecule has 0 radical (unpaired) electrons. The molecule has 0 amide bonds. The first-order valence-corrected chi connectivity index (χ1v) is 13.4. The van der Waals surface area contributed by atoms with E-state index in [2.05, 4.69) is 63.2 Å². The monoisotopic (exact) mass is 441 g/mol. The van der Waals surface area contributed by atoms with Crippen molar-refractivity contribution in [3.63, 3.8) is 0 Å². The van der Waals surface area contributed by atoms with Gasteiger partial charge in [0.05, 0.1) is 0 Å². The number of hydrogen-bond donors (Lipinski definition) is 1. The van der Waals surface area contributed by atoms with Gasteiger partial charge < -0.3 is 11.2 Å². The fourth-order valence-corrected chi connectivity index (χ4v) is 5.55. The van der Waals surface area contributed by atoms with Crippen LogP contribution in [0.25, 0.3) is 10.8 Å². The Balaban J connectivity index is 0.00000512. The number of hydrogen-bond acceptors (Lipinski definition) is 1. The fraction of sp³-hybridized carbons (Fsp3) is 0.667. The highest BCUT2D eigenvalue weighted by atomic mass is 16.0. The maximum Gasteiger partial charge on any atom is 0.0223 e. The lowest BCUT2D eigenvalue weighted by atomic mass is 9.71. The van der Waals surface area contributed by atoms with Gasteiger partial charge in [0.25, 0.3) is 0 Å². The molecule has 2 aromatic rings. The van der Waals surface area contributed by atoms with Crippen LogP contribution in [0.5, 0.6) is 0 Å². The summed E-state index contributed by atoms with van der Waals surface area (Å²) in [7, 11) is 0. The molecule has 2 rings (SSSR count). The molecule has 1 unspecified atom stereocenters. The third-order valence-electron chi connectivity index (χ3n) is 7.17. The maximum atomic E-state index is 7.21. The van der Waals surface area contributed by atoms with Gasteiger partial charge in [-0.15, -0.1) is 0 Å². The second-order valence-corrected chi connectivity index (χ2v) is 9.82. The molecule has 2 nitrogen and oxygen atoms in total. The molecule has 0 fully saturated rings. The largest absolute Gasteiger partial charge is 0.412 e. The number of fused-ring (bicyclic) bond motifs is 1. The van der Waals surface area contributed by atoms with Crippen LogP contribution in [-0.2, 0) is 0 Å². The van der Waals surface area contributed by atoms with E-state index >= 15 is 0 Å². The Hall–Kier alpha value is -1.38. The smallest absolute Gasteiger partial charge is 0.0223 e. The molecule has 0 bridgehead atoms. The highest BCUT2D eigenvalue weighted by molar-refractivity contribution is 5.86. The molecule has 0 aliphatic carbocycles. The highest BCUT2D eigenvalue weighted by Gasteiger charge is 2.34. The van der Waals surface area contributed by atoms with E-state index in [1.54, 1.807) is 0 Å². The van der Waals surface area contributed by atoms with Crippen LogP contribution in [0.1, 0.15) is 129 Å². The van der Waals surface area contributed by atoms with Crippen molar-refractivity contribution in [1.82, 2.24) is 0 Å². The topological polar surface area (TPSA) is 57.5 Å². The molecule has 182 valence electrons. The second-order valence-electron chi connectivity index (χ2n) is 9.82. The molecule has 1 atom stereocenters. The Kier molecular flexibility index (Phi) is 14.6. The van der Waals surface area contributed by atoms with Gasteiger partial charge in [0.2, 0.25) is 0 Å². The Morgan fingerprint density at radius 2 is 1.19 bits per heavy atom. The van der Waals surface area contributed by atoms with E-state index in [-0.39, 0.29) is 11.0 Å². The van der Waals surface area contributed by atoms with Gasteiger partial charge in [0.15, 0.2) is 0 Å². The Morgan fingerprint density at radius 3 is 1.78 bits per heavy atom. The first-order chi connectivity index (χ1) is 15.2. The number of benzene rings is 2. The summed E-state index contributed by atoms with van der Waals surface area (Å²) in [6.45, 7) is 6.87. The molecule has 0 saturated heterocycles. The molecule has 0 aliphatic rings. The van der Waals surface area contributed by atoms with Crippen molar-refractivity contribution in [3.05, 3.63) is 48.0 Å². The molecule has 2 heteroatoms. The molecule has 2 aromatic carbocycles. The number of nitrogens with two attached hydrogens (primary N) is 1. The minimum Gasteiger partial charge on any atom is -0.412 e. The lowest BCUT2D eigenvalue weighted by Crippen LogP contribution is -2.45. The van der Waals surface area contributed by atoms with E-state index in [4.69, 9.17) is 5.73 Å². The average molecular weight is 442 g/mol. The van der Waals surface area contributed by atoms with Crippen LogP contribution in [-0.4, -0.2) is 11.0 Å². The lowest BCUT2D eigenvalue weighted by Gasteiger charge is -2.39. The van der Waals surface area contributed by atoms with Crippen LogP contribution in [0, 0.1) is 0 Å².